The fraction of sp³-hybridized carbons (Fsp3) is 0.588. The van der Waals surface area contributed by atoms with E-state index in [9.17, 15) is 4.79 Å². The lowest BCUT2D eigenvalue weighted by molar-refractivity contribution is -0.143. The van der Waals surface area contributed by atoms with E-state index < -0.39 is 0 Å². The molecule has 3 heteroatoms. The minimum Gasteiger partial charge on any atom is -0.469 e. The Hall–Kier alpha value is -1.35. The summed E-state index contributed by atoms with van der Waals surface area (Å²) in [6, 6.07) is 9.95. The highest BCUT2D eigenvalue weighted by Crippen LogP contribution is 2.30. The number of ether oxygens (including phenoxy) is 1. The van der Waals surface area contributed by atoms with Crippen molar-refractivity contribution in [1.29, 1.82) is 0 Å². The summed E-state index contributed by atoms with van der Waals surface area (Å²) < 4.78 is 4.99. The minimum absolute atomic E-state index is 0.139. The molecule has 0 spiro atoms. The van der Waals surface area contributed by atoms with Crippen LogP contribution in [0.15, 0.2) is 30.3 Å². The molecule has 1 unspecified atom stereocenters. The normalized spacial score (nSPS) is 20.4. The number of rotatable bonds is 4. The zero-order chi connectivity index (χ0) is 14.6. The van der Waals surface area contributed by atoms with E-state index in [0.29, 0.717) is 5.41 Å². The maximum absolute atomic E-state index is 12.1. The lowest BCUT2D eigenvalue weighted by Gasteiger charge is -2.39. The lowest BCUT2D eigenvalue weighted by atomic mass is 9.83. The number of hydrogen-bond donors (Lipinski definition) is 0. The molecule has 1 atom stereocenters. The molecular formula is C17H25NO2. The Morgan fingerprint density at radius 2 is 2.05 bits per heavy atom. The summed E-state index contributed by atoms with van der Waals surface area (Å²) in [4.78, 5) is 14.5. The average molecular weight is 275 g/mol. The van der Waals surface area contributed by atoms with Crippen LogP contribution >= 0.6 is 0 Å². The highest BCUT2D eigenvalue weighted by Gasteiger charge is 2.30. The molecule has 1 aromatic carbocycles. The van der Waals surface area contributed by atoms with Crippen LogP contribution in [0.25, 0.3) is 0 Å². The molecule has 1 aliphatic rings. The monoisotopic (exact) mass is 275 g/mol. The summed E-state index contributed by atoms with van der Waals surface area (Å²) in [5.41, 5.74) is 1.39. The van der Waals surface area contributed by atoms with Gasteiger partial charge in [-0.2, -0.15) is 0 Å². The first-order valence-corrected chi connectivity index (χ1v) is 7.37. The molecule has 0 aliphatic carbocycles. The lowest BCUT2D eigenvalue weighted by Crippen LogP contribution is -2.43. The van der Waals surface area contributed by atoms with Gasteiger partial charge in [-0.15, -0.1) is 0 Å². The summed E-state index contributed by atoms with van der Waals surface area (Å²) in [6.07, 6.45) is 2.47. The second-order valence-corrected chi connectivity index (χ2v) is 6.49. The molecule has 0 radical (unpaired) electrons. The Kier molecular flexibility index (Phi) is 4.81. The van der Waals surface area contributed by atoms with Gasteiger partial charge in [-0.25, -0.2) is 0 Å². The third-order valence-electron chi connectivity index (χ3n) is 4.11. The van der Waals surface area contributed by atoms with Crippen LogP contribution in [0.5, 0.6) is 0 Å². The highest BCUT2D eigenvalue weighted by atomic mass is 16.5. The van der Waals surface area contributed by atoms with Gasteiger partial charge in [0.15, 0.2) is 0 Å². The van der Waals surface area contributed by atoms with Crippen LogP contribution < -0.4 is 0 Å². The van der Waals surface area contributed by atoms with Crippen molar-refractivity contribution in [3.8, 4) is 0 Å². The third-order valence-corrected chi connectivity index (χ3v) is 4.11. The average Bonchev–Trinajstić information content (AvgIpc) is 2.44. The van der Waals surface area contributed by atoms with Crippen LogP contribution in [0.2, 0.25) is 0 Å². The Bertz CT molecular complexity index is 442. The molecule has 1 saturated heterocycles. The van der Waals surface area contributed by atoms with E-state index in [1.54, 1.807) is 0 Å². The summed E-state index contributed by atoms with van der Waals surface area (Å²) >= 11 is 0. The van der Waals surface area contributed by atoms with Crippen molar-refractivity contribution < 1.29 is 9.53 Å². The molecule has 20 heavy (non-hydrogen) atoms. The highest BCUT2D eigenvalue weighted by molar-refractivity contribution is 5.78. The smallest absolute Gasteiger partial charge is 0.314 e. The van der Waals surface area contributed by atoms with Crippen LogP contribution in [0.1, 0.15) is 38.2 Å². The number of carbonyl (C=O) groups is 1. The van der Waals surface area contributed by atoms with Gasteiger partial charge in [-0.1, -0.05) is 44.2 Å². The van der Waals surface area contributed by atoms with Gasteiger partial charge in [0.25, 0.3) is 0 Å². The molecule has 1 fully saturated rings. The van der Waals surface area contributed by atoms with Gasteiger partial charge < -0.3 is 9.64 Å². The predicted octanol–water partition coefficient (Wildman–Crippen LogP) is 3.07. The summed E-state index contributed by atoms with van der Waals surface area (Å²) in [7, 11) is 1.47. The number of benzene rings is 1. The molecule has 110 valence electrons. The van der Waals surface area contributed by atoms with Crippen molar-refractivity contribution in [3.63, 3.8) is 0 Å². The van der Waals surface area contributed by atoms with E-state index in [1.807, 2.05) is 30.3 Å². The van der Waals surface area contributed by atoms with Crippen LogP contribution in [-0.4, -0.2) is 37.6 Å². The van der Waals surface area contributed by atoms with Crippen LogP contribution in [0.3, 0.4) is 0 Å². The molecule has 0 amide bonds. The van der Waals surface area contributed by atoms with E-state index in [-0.39, 0.29) is 11.9 Å². The molecule has 1 aromatic rings. The number of likely N-dealkylation sites (tertiary alicyclic amines) is 1. The molecule has 2 rings (SSSR count). The standard InChI is InChI=1S/C17H25NO2/c1-17(2)10-7-11-18(13-17)12-15(16(19)20-3)14-8-5-4-6-9-14/h4-6,8-9,15H,7,10-13H2,1-3H3. The van der Waals surface area contributed by atoms with Gasteiger partial charge in [-0.05, 0) is 30.4 Å². The van der Waals surface area contributed by atoms with E-state index in [1.165, 1.54) is 20.0 Å². The van der Waals surface area contributed by atoms with E-state index >= 15 is 0 Å². The summed E-state index contributed by atoms with van der Waals surface area (Å²) in [6.45, 7) is 7.47. The molecule has 1 aliphatic heterocycles. The molecule has 1 heterocycles. The maximum atomic E-state index is 12.1. The van der Waals surface area contributed by atoms with Gasteiger partial charge >= 0.3 is 5.97 Å². The van der Waals surface area contributed by atoms with Crippen molar-refractivity contribution in [2.75, 3.05) is 26.7 Å². The van der Waals surface area contributed by atoms with Crippen LogP contribution in [0, 0.1) is 5.41 Å². The number of nitrogens with zero attached hydrogens (tertiary/aromatic N) is 1. The number of hydrogen-bond acceptors (Lipinski definition) is 3. The number of piperidine rings is 1. The zero-order valence-corrected chi connectivity index (χ0v) is 12.8. The largest absolute Gasteiger partial charge is 0.469 e. The SMILES string of the molecule is COC(=O)C(CN1CCCC(C)(C)C1)c1ccccc1. The zero-order valence-electron chi connectivity index (χ0n) is 12.8. The molecule has 0 bridgehead atoms. The Labute approximate surface area is 121 Å². The number of carbonyl (C=O) groups excluding carboxylic acids is 1. The van der Waals surface area contributed by atoms with E-state index in [4.69, 9.17) is 4.74 Å². The first kappa shape index (κ1) is 15.0. The first-order valence-electron chi connectivity index (χ1n) is 7.37. The minimum atomic E-state index is -0.185. The van der Waals surface area contributed by atoms with Crippen molar-refractivity contribution in [1.82, 2.24) is 4.90 Å². The number of esters is 1. The molecule has 0 saturated carbocycles. The summed E-state index contributed by atoms with van der Waals surface area (Å²) in [5, 5.41) is 0. The van der Waals surface area contributed by atoms with Crippen LogP contribution in [0.4, 0.5) is 0 Å². The Morgan fingerprint density at radius 3 is 2.65 bits per heavy atom. The van der Waals surface area contributed by atoms with Crippen molar-refractivity contribution in [2.45, 2.75) is 32.6 Å². The van der Waals surface area contributed by atoms with Crippen LogP contribution in [-0.2, 0) is 9.53 Å². The second-order valence-electron chi connectivity index (χ2n) is 6.49. The molecule has 0 aromatic heterocycles. The van der Waals surface area contributed by atoms with Gasteiger partial charge in [-0.3, -0.25) is 4.79 Å². The fourth-order valence-corrected chi connectivity index (χ4v) is 3.10. The Morgan fingerprint density at radius 1 is 1.35 bits per heavy atom. The molecule has 3 nitrogen and oxygen atoms in total. The predicted molar refractivity (Wildman–Crippen MR) is 80.7 cm³/mol. The summed E-state index contributed by atoms with van der Waals surface area (Å²) in [5.74, 6) is -0.324. The first-order chi connectivity index (χ1) is 9.52. The maximum Gasteiger partial charge on any atom is 0.314 e. The third kappa shape index (κ3) is 3.83. The van der Waals surface area contributed by atoms with Gasteiger partial charge in [0, 0.05) is 13.1 Å². The van der Waals surface area contributed by atoms with Crippen molar-refractivity contribution >= 4 is 5.97 Å². The van der Waals surface area contributed by atoms with Crippen molar-refractivity contribution in [2.24, 2.45) is 5.41 Å². The van der Waals surface area contributed by atoms with Gasteiger partial charge in [0.05, 0.1) is 13.0 Å². The molecular weight excluding hydrogens is 250 g/mol. The van der Waals surface area contributed by atoms with Crippen molar-refractivity contribution in [3.05, 3.63) is 35.9 Å². The quantitative estimate of drug-likeness (QED) is 0.791. The Balaban J connectivity index is 2.11. The second kappa shape index (κ2) is 6.40. The van der Waals surface area contributed by atoms with Gasteiger partial charge in [0.1, 0.15) is 0 Å². The topological polar surface area (TPSA) is 29.5 Å². The fourth-order valence-electron chi connectivity index (χ4n) is 3.10. The van der Waals surface area contributed by atoms with E-state index in [2.05, 4.69) is 18.7 Å². The van der Waals surface area contributed by atoms with E-state index in [0.717, 1.165) is 25.2 Å². The molecule has 0 N–H and O–H groups in total. The number of methoxy groups -OCH3 is 1. The van der Waals surface area contributed by atoms with Gasteiger partial charge in [0.2, 0.25) is 0 Å².